The highest BCUT2D eigenvalue weighted by Gasteiger charge is 2.60. The van der Waals surface area contributed by atoms with Crippen LogP contribution in [0.2, 0.25) is 0 Å². The van der Waals surface area contributed by atoms with Crippen LogP contribution in [-0.2, 0) is 33.4 Å². The molecule has 0 aliphatic carbocycles. The number of benzene rings is 2. The largest absolute Gasteiger partial charge is 0.502 e. The van der Waals surface area contributed by atoms with Crippen LogP contribution in [0.25, 0.3) is 6.08 Å². The minimum Gasteiger partial charge on any atom is -0.502 e. The second-order valence-electron chi connectivity index (χ2n) is 15.9. The molecule has 0 saturated carbocycles. The van der Waals surface area contributed by atoms with E-state index in [2.05, 4.69) is 6.92 Å². The van der Waals surface area contributed by atoms with Crippen LogP contribution in [0.4, 0.5) is 5.69 Å². The summed E-state index contributed by atoms with van der Waals surface area (Å²) in [6, 6.07) is 18.7. The van der Waals surface area contributed by atoms with Crippen LogP contribution in [0.5, 0.6) is 0 Å². The van der Waals surface area contributed by atoms with Crippen molar-refractivity contribution in [2.45, 2.75) is 128 Å². The predicted octanol–water partition coefficient (Wildman–Crippen LogP) is 9.23. The number of rotatable bonds is 23. The van der Waals surface area contributed by atoms with E-state index in [0.717, 1.165) is 24.8 Å². The molecule has 8 atom stereocenters. The maximum absolute atomic E-state index is 14.1. The van der Waals surface area contributed by atoms with E-state index in [0.29, 0.717) is 18.8 Å². The van der Waals surface area contributed by atoms with E-state index in [-0.39, 0.29) is 23.6 Å². The minimum absolute atomic E-state index is 0.188. The Kier molecular flexibility index (Phi) is 15.9. The van der Waals surface area contributed by atoms with Crippen LogP contribution in [0, 0.1) is 23.7 Å². The molecule has 4 aliphatic heterocycles. The Labute approximate surface area is 339 Å². The van der Waals surface area contributed by atoms with Gasteiger partial charge in [-0.05, 0) is 37.1 Å². The average Bonchev–Trinajstić information content (AvgIpc) is 3.93. The summed E-state index contributed by atoms with van der Waals surface area (Å²) in [6.07, 6.45) is 25.1. The smallest absolute Gasteiger partial charge is 0.240 e. The number of likely N-dealkylation sites (tertiary alicyclic amines) is 1. The van der Waals surface area contributed by atoms with E-state index in [9.17, 15) is 19.2 Å². The first-order valence-electron chi connectivity index (χ1n) is 21.7. The number of imide groups is 2. The van der Waals surface area contributed by atoms with Gasteiger partial charge in [-0.15, -0.1) is 0 Å². The molecule has 8 unspecified atom stereocenters. The highest BCUT2D eigenvalue weighted by atomic mass is 16.5. The van der Waals surface area contributed by atoms with Gasteiger partial charge in [0.05, 0.1) is 66.6 Å². The molecule has 0 N–H and O–H groups in total. The van der Waals surface area contributed by atoms with Crippen LogP contribution < -0.4 is 4.90 Å². The number of hydrogen-bond acceptors (Lipinski definition) is 7. The molecule has 57 heavy (non-hydrogen) atoms. The van der Waals surface area contributed by atoms with Gasteiger partial charge in [-0.1, -0.05) is 163 Å². The lowest BCUT2D eigenvalue weighted by atomic mass is 9.87. The zero-order valence-corrected chi connectivity index (χ0v) is 33.9. The molecule has 306 valence electrons. The van der Waals surface area contributed by atoms with Crippen LogP contribution in [-0.4, -0.2) is 66.1 Å². The zero-order chi connectivity index (χ0) is 40.0. The molecule has 0 radical (unpaired) electrons. The number of carbonyl (C=O) groups is 4. The number of amides is 4. The number of anilines is 1. The Balaban J connectivity index is 1.09. The summed E-state index contributed by atoms with van der Waals surface area (Å²) in [5.74, 6) is -3.91. The maximum atomic E-state index is 14.1. The summed E-state index contributed by atoms with van der Waals surface area (Å²) in [5, 5.41) is 0. The number of unbranched alkanes of at least 4 members (excludes halogenated alkanes) is 13. The first-order chi connectivity index (χ1) is 27.9. The molecule has 4 amide bonds. The molecule has 4 heterocycles. The van der Waals surface area contributed by atoms with E-state index in [4.69, 9.17) is 14.2 Å². The molecule has 2 aromatic rings. The van der Waals surface area contributed by atoms with E-state index in [1.54, 1.807) is 42.5 Å². The number of ether oxygens (including phenoxy) is 3. The van der Waals surface area contributed by atoms with Crippen LogP contribution in [0.3, 0.4) is 0 Å². The SMILES string of the molecule is CCCCCCCCCCCCCCCCN1C(=O)C2C(/C=C\c3ccccc3)OC(/C=C\C3OC(/C=C\OCC)C4C(=O)N(c5ccccc5)C(=O)C34)C2C1=O. The van der Waals surface area contributed by atoms with Crippen LogP contribution in [0.1, 0.15) is 109 Å². The Morgan fingerprint density at radius 2 is 0.965 bits per heavy atom. The van der Waals surface area contributed by atoms with Crippen molar-refractivity contribution in [2.75, 3.05) is 18.1 Å². The highest BCUT2D eigenvalue weighted by molar-refractivity contribution is 6.22. The van der Waals surface area contributed by atoms with Gasteiger partial charge in [-0.3, -0.25) is 24.1 Å². The van der Waals surface area contributed by atoms with Crippen molar-refractivity contribution in [3.8, 4) is 0 Å². The average molecular weight is 779 g/mol. The minimum atomic E-state index is -0.770. The molecule has 4 aliphatic rings. The Morgan fingerprint density at radius 1 is 0.526 bits per heavy atom. The summed E-state index contributed by atoms with van der Waals surface area (Å²) in [7, 11) is 0. The summed E-state index contributed by atoms with van der Waals surface area (Å²) >= 11 is 0. The fourth-order valence-electron chi connectivity index (χ4n) is 8.97. The first kappa shape index (κ1) is 42.3. The monoisotopic (exact) mass is 778 g/mol. The number of para-hydroxylation sites is 1. The van der Waals surface area contributed by atoms with Crippen molar-refractivity contribution in [1.29, 1.82) is 0 Å². The van der Waals surface area contributed by atoms with Gasteiger partial charge in [0.15, 0.2) is 0 Å². The zero-order valence-electron chi connectivity index (χ0n) is 33.9. The van der Waals surface area contributed by atoms with Gasteiger partial charge in [0.25, 0.3) is 0 Å². The molecule has 9 heteroatoms. The van der Waals surface area contributed by atoms with Crippen LogP contribution >= 0.6 is 0 Å². The van der Waals surface area contributed by atoms with Gasteiger partial charge in [0, 0.05) is 6.54 Å². The van der Waals surface area contributed by atoms with Gasteiger partial charge in [-0.25, -0.2) is 4.90 Å². The second kappa shape index (κ2) is 21.4. The molecule has 4 fully saturated rings. The molecule has 4 saturated heterocycles. The Bertz CT molecular complexity index is 1710. The Morgan fingerprint density at radius 3 is 1.47 bits per heavy atom. The van der Waals surface area contributed by atoms with Gasteiger partial charge in [-0.2, -0.15) is 0 Å². The number of carbonyl (C=O) groups excluding carboxylic acids is 4. The quantitative estimate of drug-likeness (QED) is 0.0480. The van der Waals surface area contributed by atoms with Gasteiger partial charge in [0.2, 0.25) is 23.6 Å². The third kappa shape index (κ3) is 10.4. The lowest BCUT2D eigenvalue weighted by Crippen LogP contribution is -2.36. The maximum Gasteiger partial charge on any atom is 0.240 e. The second-order valence-corrected chi connectivity index (χ2v) is 15.9. The normalized spacial score (nSPS) is 27.3. The predicted molar refractivity (Wildman–Crippen MR) is 223 cm³/mol. The van der Waals surface area contributed by atoms with Crippen molar-refractivity contribution >= 4 is 35.4 Å². The summed E-state index contributed by atoms with van der Waals surface area (Å²) in [5.41, 5.74) is 1.48. The highest BCUT2D eigenvalue weighted by Crippen LogP contribution is 2.45. The molecular formula is C48H62N2O7. The third-order valence-electron chi connectivity index (χ3n) is 12.0. The Hall–Kier alpha value is -4.34. The molecule has 9 nitrogen and oxygen atoms in total. The molecule has 2 aromatic carbocycles. The summed E-state index contributed by atoms with van der Waals surface area (Å²) < 4.78 is 18.3. The molecule has 0 bridgehead atoms. The van der Waals surface area contributed by atoms with E-state index < -0.39 is 48.1 Å². The lowest BCUT2D eigenvalue weighted by molar-refractivity contribution is -0.142. The third-order valence-corrected chi connectivity index (χ3v) is 12.0. The number of fused-ring (bicyclic) bond motifs is 2. The van der Waals surface area contributed by atoms with Crippen molar-refractivity contribution in [3.63, 3.8) is 0 Å². The van der Waals surface area contributed by atoms with Gasteiger partial charge >= 0.3 is 0 Å². The van der Waals surface area contributed by atoms with Gasteiger partial charge in [0.1, 0.15) is 0 Å². The van der Waals surface area contributed by atoms with Crippen molar-refractivity contribution in [2.24, 2.45) is 23.7 Å². The molecule has 6 rings (SSSR count). The van der Waals surface area contributed by atoms with Crippen molar-refractivity contribution in [3.05, 3.63) is 96.8 Å². The molecular weight excluding hydrogens is 717 g/mol. The summed E-state index contributed by atoms with van der Waals surface area (Å²) in [6.45, 7) is 4.98. The van der Waals surface area contributed by atoms with E-state index in [1.165, 1.54) is 86.7 Å². The van der Waals surface area contributed by atoms with Crippen molar-refractivity contribution in [1.82, 2.24) is 4.90 Å². The van der Waals surface area contributed by atoms with Crippen LogP contribution in [0.15, 0.2) is 91.2 Å². The van der Waals surface area contributed by atoms with E-state index in [1.807, 2.05) is 55.5 Å². The van der Waals surface area contributed by atoms with Gasteiger partial charge < -0.3 is 14.2 Å². The standard InChI is InChI=1S/C48H62N2O7/c1-3-5-6-7-8-9-10-11-12-13-14-15-16-23-33-49-45(51)41-37(29-28-35-24-19-17-20-25-35)56-38(42(41)46(49)52)30-31-39-43-44(40(57-39)32-34-55-4-2)48(54)50(47(43)53)36-26-21-18-22-27-36/h17-22,24-32,34,37-44H,3-16,23,33H2,1-2H3/b29-28-,31-30-,34-32-. The first-order valence-corrected chi connectivity index (χ1v) is 21.7. The number of hydrogen-bond donors (Lipinski definition) is 0. The fraction of sp³-hybridized carbons (Fsp3) is 0.542. The molecule has 0 aromatic heterocycles. The number of nitrogens with zero attached hydrogens (tertiary/aromatic N) is 2. The molecule has 0 spiro atoms. The topological polar surface area (TPSA) is 102 Å². The summed E-state index contributed by atoms with van der Waals surface area (Å²) in [4.78, 5) is 58.5. The van der Waals surface area contributed by atoms with E-state index >= 15 is 0 Å². The lowest BCUT2D eigenvalue weighted by Gasteiger charge is -2.21. The van der Waals surface area contributed by atoms with Crippen molar-refractivity contribution < 1.29 is 33.4 Å². The fourth-order valence-corrected chi connectivity index (χ4v) is 8.97.